The Labute approximate surface area is 207 Å². The predicted octanol–water partition coefficient (Wildman–Crippen LogP) is 6.88. The van der Waals surface area contributed by atoms with E-state index in [2.05, 4.69) is 13.8 Å². The largest absolute Gasteiger partial charge is 0.549 e. The maximum Gasteiger partial charge on any atom is 0.133 e. The van der Waals surface area contributed by atoms with Crippen LogP contribution in [0.5, 0.6) is 5.75 Å². The van der Waals surface area contributed by atoms with E-state index in [1.165, 1.54) is 64.2 Å². The van der Waals surface area contributed by atoms with Crippen molar-refractivity contribution in [1.82, 2.24) is 0 Å². The summed E-state index contributed by atoms with van der Waals surface area (Å²) in [7, 11) is 0. The molecular weight excluding hydrogens is 424 g/mol. The first-order valence-electron chi connectivity index (χ1n) is 13.6. The highest BCUT2D eigenvalue weighted by atomic mass is 16.5. The van der Waals surface area contributed by atoms with Crippen molar-refractivity contribution in [1.29, 1.82) is 0 Å². The molecule has 0 heterocycles. The maximum atomic E-state index is 11.4. The van der Waals surface area contributed by atoms with Crippen molar-refractivity contribution in [3.63, 3.8) is 0 Å². The van der Waals surface area contributed by atoms with E-state index in [9.17, 15) is 9.90 Å². The second-order valence-electron chi connectivity index (χ2n) is 9.44. The lowest BCUT2D eigenvalue weighted by Gasteiger charge is -2.33. The van der Waals surface area contributed by atoms with Gasteiger partial charge >= 0.3 is 0 Å². The minimum atomic E-state index is -1.10. The molecular formula is C30H45O4-. The number of para-hydroxylation sites is 1. The molecule has 1 aromatic rings. The number of rotatable bonds is 19. The number of aliphatic carboxylic acids is 1. The molecule has 190 valence electrons. The molecule has 2 rings (SSSR count). The van der Waals surface area contributed by atoms with E-state index in [0.29, 0.717) is 13.2 Å². The van der Waals surface area contributed by atoms with E-state index in [1.807, 2.05) is 36.4 Å². The van der Waals surface area contributed by atoms with Gasteiger partial charge in [0.15, 0.2) is 0 Å². The summed E-state index contributed by atoms with van der Waals surface area (Å²) < 4.78 is 12.6. The quantitative estimate of drug-likeness (QED) is 0.164. The van der Waals surface area contributed by atoms with Crippen LogP contribution in [0.4, 0.5) is 0 Å². The molecule has 4 heteroatoms. The molecule has 0 spiro atoms. The van der Waals surface area contributed by atoms with Crippen molar-refractivity contribution < 1.29 is 19.4 Å². The molecule has 0 N–H and O–H groups in total. The fourth-order valence-corrected chi connectivity index (χ4v) is 4.40. The first kappa shape index (κ1) is 28.2. The van der Waals surface area contributed by atoms with Gasteiger partial charge in [-0.2, -0.15) is 0 Å². The first-order valence-corrected chi connectivity index (χ1v) is 13.6. The van der Waals surface area contributed by atoms with Gasteiger partial charge in [-0.3, -0.25) is 0 Å². The molecule has 0 aliphatic heterocycles. The first-order chi connectivity index (χ1) is 16.6. The van der Waals surface area contributed by atoms with Gasteiger partial charge in [0, 0.05) is 18.1 Å². The lowest BCUT2D eigenvalue weighted by atomic mass is 9.85. The van der Waals surface area contributed by atoms with Crippen LogP contribution in [0, 0.1) is 5.92 Å². The lowest BCUT2D eigenvalue weighted by molar-refractivity contribution is -0.308. The van der Waals surface area contributed by atoms with E-state index in [4.69, 9.17) is 9.47 Å². The van der Waals surface area contributed by atoms with Crippen LogP contribution >= 0.6 is 0 Å². The number of hydrogen-bond donors (Lipinski definition) is 0. The highest BCUT2D eigenvalue weighted by Gasteiger charge is 2.33. The smallest absolute Gasteiger partial charge is 0.133 e. The number of carbonyl (C=O) groups excluding carboxylic acids is 1. The predicted molar refractivity (Wildman–Crippen MR) is 138 cm³/mol. The highest BCUT2D eigenvalue weighted by molar-refractivity contribution is 5.73. The molecule has 4 nitrogen and oxygen atoms in total. The maximum absolute atomic E-state index is 11.4. The minimum absolute atomic E-state index is 0.616. The molecule has 0 unspecified atom stereocenters. The molecule has 0 amide bonds. The average molecular weight is 470 g/mol. The zero-order valence-electron chi connectivity index (χ0n) is 21.4. The minimum Gasteiger partial charge on any atom is -0.549 e. The van der Waals surface area contributed by atoms with Crippen molar-refractivity contribution in [3.8, 4) is 5.75 Å². The standard InChI is InChI=1S/C30H46O4/c1-3-5-7-9-10-11-13-17-25-34-30(22-20-26(21-23-30)29(31)32)27-18-14-15-19-28(27)33-24-16-12-8-6-4-2/h14-15,18-23,26H,3-13,16-17,24-25H2,1-2H3,(H,31,32)/p-1. The second kappa shape index (κ2) is 16.5. The molecule has 0 saturated heterocycles. The number of ether oxygens (including phenoxy) is 2. The van der Waals surface area contributed by atoms with Gasteiger partial charge in [0.25, 0.3) is 0 Å². The van der Waals surface area contributed by atoms with Gasteiger partial charge in [-0.05, 0) is 31.1 Å². The van der Waals surface area contributed by atoms with Crippen LogP contribution in [0.1, 0.15) is 103 Å². The third-order valence-corrected chi connectivity index (χ3v) is 6.53. The molecule has 0 radical (unpaired) electrons. The van der Waals surface area contributed by atoms with E-state index >= 15 is 0 Å². The van der Waals surface area contributed by atoms with Crippen LogP contribution < -0.4 is 9.84 Å². The number of hydrogen-bond acceptors (Lipinski definition) is 4. The summed E-state index contributed by atoms with van der Waals surface area (Å²) in [4.78, 5) is 11.4. The van der Waals surface area contributed by atoms with E-state index < -0.39 is 17.5 Å². The normalized spacial score (nSPS) is 19.4. The molecule has 1 aliphatic rings. The summed E-state index contributed by atoms with van der Waals surface area (Å²) in [6, 6.07) is 7.96. The van der Waals surface area contributed by atoms with Gasteiger partial charge in [0.1, 0.15) is 11.4 Å². The van der Waals surface area contributed by atoms with Gasteiger partial charge in [-0.15, -0.1) is 0 Å². The van der Waals surface area contributed by atoms with E-state index in [-0.39, 0.29) is 0 Å². The van der Waals surface area contributed by atoms with Crippen molar-refractivity contribution in [2.24, 2.45) is 5.92 Å². The van der Waals surface area contributed by atoms with Gasteiger partial charge < -0.3 is 19.4 Å². The molecule has 0 aromatic heterocycles. The van der Waals surface area contributed by atoms with Gasteiger partial charge in [0.05, 0.1) is 12.6 Å². The van der Waals surface area contributed by atoms with Gasteiger partial charge in [-0.1, -0.05) is 115 Å². The molecule has 0 saturated carbocycles. The third-order valence-electron chi connectivity index (χ3n) is 6.53. The van der Waals surface area contributed by atoms with E-state index in [0.717, 1.165) is 30.6 Å². The lowest BCUT2D eigenvalue weighted by Crippen LogP contribution is -2.34. The SMILES string of the molecule is CCCCCCCCCCOC1(c2ccccc2OCCCCCCC)C=CC(C(=O)[O-])C=C1. The Bertz CT molecular complexity index is 738. The number of carbonyl (C=O) groups is 1. The molecule has 0 atom stereocenters. The Balaban J connectivity index is 1.99. The topological polar surface area (TPSA) is 58.6 Å². The van der Waals surface area contributed by atoms with Crippen LogP contribution in [-0.4, -0.2) is 19.2 Å². The van der Waals surface area contributed by atoms with Crippen LogP contribution in [0.2, 0.25) is 0 Å². The number of benzene rings is 1. The van der Waals surface area contributed by atoms with Crippen LogP contribution in [0.3, 0.4) is 0 Å². The third kappa shape index (κ3) is 9.66. The second-order valence-corrected chi connectivity index (χ2v) is 9.44. The summed E-state index contributed by atoms with van der Waals surface area (Å²) in [5.41, 5.74) is 0.110. The van der Waals surface area contributed by atoms with Crippen molar-refractivity contribution in [3.05, 3.63) is 54.1 Å². The summed E-state index contributed by atoms with van der Waals surface area (Å²) in [5.74, 6) is -1.03. The van der Waals surface area contributed by atoms with Crippen LogP contribution in [0.15, 0.2) is 48.6 Å². The molecule has 34 heavy (non-hydrogen) atoms. The monoisotopic (exact) mass is 469 g/mol. The molecule has 0 bridgehead atoms. The molecule has 0 fully saturated rings. The number of carboxylic acid groups (broad SMARTS) is 1. The molecule has 1 aromatic carbocycles. The highest BCUT2D eigenvalue weighted by Crippen LogP contribution is 2.39. The van der Waals surface area contributed by atoms with Gasteiger partial charge in [0.2, 0.25) is 0 Å². The Hall–Kier alpha value is -2.07. The zero-order chi connectivity index (χ0) is 24.5. The Morgan fingerprint density at radius 3 is 1.91 bits per heavy atom. The molecule has 1 aliphatic carbocycles. The van der Waals surface area contributed by atoms with Crippen LogP contribution in [0.25, 0.3) is 0 Å². The summed E-state index contributed by atoms with van der Waals surface area (Å²) in [6.07, 6.45) is 22.9. The Morgan fingerprint density at radius 1 is 0.794 bits per heavy atom. The summed E-state index contributed by atoms with van der Waals surface area (Å²) in [6.45, 7) is 5.75. The van der Waals surface area contributed by atoms with Crippen molar-refractivity contribution in [2.45, 2.75) is 103 Å². The van der Waals surface area contributed by atoms with Gasteiger partial charge in [-0.25, -0.2) is 0 Å². The van der Waals surface area contributed by atoms with Crippen molar-refractivity contribution >= 4 is 5.97 Å². The van der Waals surface area contributed by atoms with Crippen molar-refractivity contribution in [2.75, 3.05) is 13.2 Å². The number of unbranched alkanes of at least 4 members (excludes halogenated alkanes) is 11. The fourth-order valence-electron chi connectivity index (χ4n) is 4.40. The zero-order valence-corrected chi connectivity index (χ0v) is 21.4. The van der Waals surface area contributed by atoms with E-state index in [1.54, 1.807) is 12.2 Å². The summed E-state index contributed by atoms with van der Waals surface area (Å²) in [5, 5.41) is 11.4. The van der Waals surface area contributed by atoms with Crippen LogP contribution in [-0.2, 0) is 15.1 Å². The Kier molecular flexibility index (Phi) is 13.7. The number of carboxylic acids is 1. The average Bonchev–Trinajstić information content (AvgIpc) is 2.85. The summed E-state index contributed by atoms with van der Waals surface area (Å²) >= 11 is 0. The fraction of sp³-hybridized carbons (Fsp3) is 0.633. The Morgan fingerprint density at radius 2 is 1.32 bits per heavy atom.